The van der Waals surface area contributed by atoms with E-state index in [1.807, 2.05) is 0 Å². The number of aliphatic hydroxyl groups excluding tert-OH is 1. The molecule has 0 saturated carbocycles. The second-order valence-corrected chi connectivity index (χ2v) is 2.65. The second kappa shape index (κ2) is 3.14. The van der Waals surface area contributed by atoms with Gasteiger partial charge in [0.25, 0.3) is 0 Å². The molecule has 0 radical (unpaired) electrons. The molecular formula is C7H14O3. The number of hydrogen-bond acceptors (Lipinski definition) is 3. The predicted octanol–water partition coefficient (Wildman–Crippen LogP) is 1.19. The van der Waals surface area contributed by atoms with Gasteiger partial charge in [-0.1, -0.05) is 6.58 Å². The minimum atomic E-state index is -1.04. The van der Waals surface area contributed by atoms with Crippen molar-refractivity contribution in [1.82, 2.24) is 0 Å². The van der Waals surface area contributed by atoms with Crippen molar-refractivity contribution in [3.8, 4) is 0 Å². The quantitative estimate of drug-likeness (QED) is 0.357. The highest BCUT2D eigenvalue weighted by Gasteiger charge is 2.32. The molecule has 10 heavy (non-hydrogen) atoms. The van der Waals surface area contributed by atoms with Gasteiger partial charge in [-0.2, -0.15) is 0 Å². The van der Waals surface area contributed by atoms with Crippen LogP contribution in [0.15, 0.2) is 12.2 Å². The molecule has 3 heteroatoms. The molecule has 0 fully saturated rings. The zero-order chi connectivity index (χ0) is 8.36. The molecule has 0 unspecified atom stereocenters. The Hall–Kier alpha value is -0.380. The Bertz CT molecular complexity index is 131. The lowest BCUT2D eigenvalue weighted by Gasteiger charge is -2.28. The topological polar surface area (TPSA) is 49.7 Å². The first-order valence-electron chi connectivity index (χ1n) is 3.11. The van der Waals surface area contributed by atoms with Crippen LogP contribution in [0.1, 0.15) is 20.8 Å². The normalized spacial score (nSPS) is 19.7. The van der Waals surface area contributed by atoms with E-state index in [4.69, 9.17) is 10.4 Å². The van der Waals surface area contributed by atoms with Crippen LogP contribution in [0, 0.1) is 0 Å². The predicted molar refractivity (Wildman–Crippen MR) is 38.6 cm³/mol. The molecule has 3 nitrogen and oxygen atoms in total. The van der Waals surface area contributed by atoms with Crippen molar-refractivity contribution in [1.29, 1.82) is 0 Å². The molecule has 2 N–H and O–H groups in total. The summed E-state index contributed by atoms with van der Waals surface area (Å²) in [6.45, 7) is 8.36. The zero-order valence-corrected chi connectivity index (χ0v) is 6.59. The Morgan fingerprint density at radius 3 is 2.10 bits per heavy atom. The molecule has 0 spiro atoms. The van der Waals surface area contributed by atoms with E-state index in [2.05, 4.69) is 11.5 Å². The Balaban J connectivity index is 4.38. The third kappa shape index (κ3) is 1.56. The minimum Gasteiger partial charge on any atom is -0.390 e. The van der Waals surface area contributed by atoms with Crippen molar-refractivity contribution in [2.75, 3.05) is 0 Å². The summed E-state index contributed by atoms with van der Waals surface area (Å²) in [6.07, 6.45) is -0.769. The number of aliphatic hydroxyl groups is 1. The summed E-state index contributed by atoms with van der Waals surface area (Å²) in [4.78, 5) is 4.11. The molecule has 0 aromatic carbocycles. The van der Waals surface area contributed by atoms with Crippen LogP contribution in [0.5, 0.6) is 0 Å². The van der Waals surface area contributed by atoms with E-state index in [9.17, 15) is 0 Å². The van der Waals surface area contributed by atoms with E-state index in [-0.39, 0.29) is 0 Å². The van der Waals surface area contributed by atoms with Crippen molar-refractivity contribution >= 4 is 0 Å². The second-order valence-electron chi connectivity index (χ2n) is 2.65. The van der Waals surface area contributed by atoms with Crippen LogP contribution < -0.4 is 0 Å². The number of rotatable bonds is 3. The molecule has 0 aliphatic heterocycles. The summed E-state index contributed by atoms with van der Waals surface area (Å²) in [5, 5.41) is 17.5. The van der Waals surface area contributed by atoms with E-state index in [0.29, 0.717) is 5.57 Å². The fourth-order valence-electron chi connectivity index (χ4n) is 0.511. The van der Waals surface area contributed by atoms with Crippen LogP contribution >= 0.6 is 0 Å². The molecule has 0 rings (SSSR count). The highest BCUT2D eigenvalue weighted by Crippen LogP contribution is 2.22. The summed E-state index contributed by atoms with van der Waals surface area (Å²) in [5.74, 6) is 0. The van der Waals surface area contributed by atoms with E-state index < -0.39 is 11.7 Å². The lowest BCUT2D eigenvalue weighted by atomic mass is 9.93. The zero-order valence-electron chi connectivity index (χ0n) is 6.59. The maximum Gasteiger partial charge on any atom is 0.146 e. The van der Waals surface area contributed by atoms with Crippen molar-refractivity contribution in [3.05, 3.63) is 12.2 Å². The van der Waals surface area contributed by atoms with Gasteiger partial charge in [0.1, 0.15) is 5.60 Å². The Kier molecular flexibility index (Phi) is 3.02. The molecule has 0 bridgehead atoms. The van der Waals surface area contributed by atoms with Crippen LogP contribution in [-0.2, 0) is 4.89 Å². The molecule has 0 aliphatic rings. The highest BCUT2D eigenvalue weighted by molar-refractivity contribution is 5.10. The first-order chi connectivity index (χ1) is 4.45. The molecule has 0 aromatic rings. The molecule has 60 valence electrons. The first-order valence-corrected chi connectivity index (χ1v) is 3.11. The van der Waals surface area contributed by atoms with Crippen molar-refractivity contribution in [3.63, 3.8) is 0 Å². The van der Waals surface area contributed by atoms with E-state index in [1.165, 1.54) is 6.92 Å². The Labute approximate surface area is 60.9 Å². The monoisotopic (exact) mass is 146 g/mol. The van der Waals surface area contributed by atoms with Gasteiger partial charge in [0.05, 0.1) is 6.10 Å². The van der Waals surface area contributed by atoms with Crippen molar-refractivity contribution in [2.45, 2.75) is 32.5 Å². The molecule has 0 saturated heterocycles. The molecule has 0 heterocycles. The summed E-state index contributed by atoms with van der Waals surface area (Å²) in [6, 6.07) is 0. The standard InChI is InChI=1S/C7H14O3/c1-5(2)7(4,10-9)6(3)8/h6,8-9H,1H2,2-4H3/t6-,7+/m1/s1. The third-order valence-electron chi connectivity index (χ3n) is 1.83. The largest absolute Gasteiger partial charge is 0.390 e. The Morgan fingerprint density at radius 2 is 2.10 bits per heavy atom. The van der Waals surface area contributed by atoms with Gasteiger partial charge in [-0.15, -0.1) is 0 Å². The van der Waals surface area contributed by atoms with E-state index in [0.717, 1.165) is 0 Å². The Morgan fingerprint density at radius 1 is 1.70 bits per heavy atom. The molecule has 0 aliphatic carbocycles. The SMILES string of the molecule is C=C(C)[C@](C)(OO)[C@@H](C)O. The maximum atomic E-state index is 9.10. The third-order valence-corrected chi connectivity index (χ3v) is 1.83. The minimum absolute atomic E-state index is 0.588. The lowest BCUT2D eigenvalue weighted by molar-refractivity contribution is -0.324. The summed E-state index contributed by atoms with van der Waals surface area (Å²) < 4.78 is 0. The molecular weight excluding hydrogens is 132 g/mol. The average molecular weight is 146 g/mol. The van der Waals surface area contributed by atoms with Crippen LogP contribution in [0.25, 0.3) is 0 Å². The fraction of sp³-hybridized carbons (Fsp3) is 0.714. The first kappa shape index (κ1) is 9.62. The van der Waals surface area contributed by atoms with Gasteiger partial charge in [0, 0.05) is 0 Å². The molecule has 2 atom stereocenters. The van der Waals surface area contributed by atoms with Gasteiger partial charge < -0.3 is 5.11 Å². The van der Waals surface area contributed by atoms with Crippen LogP contribution in [0.3, 0.4) is 0 Å². The molecule has 0 aromatic heterocycles. The van der Waals surface area contributed by atoms with Gasteiger partial charge in [-0.05, 0) is 26.3 Å². The van der Waals surface area contributed by atoms with Crippen LogP contribution in [-0.4, -0.2) is 22.1 Å². The summed E-state index contributed by atoms with van der Waals surface area (Å²) in [5.41, 5.74) is -0.454. The average Bonchev–Trinajstić information content (AvgIpc) is 1.85. The van der Waals surface area contributed by atoms with Gasteiger partial charge in [-0.25, -0.2) is 4.89 Å². The van der Waals surface area contributed by atoms with Gasteiger partial charge in [0.2, 0.25) is 0 Å². The summed E-state index contributed by atoms with van der Waals surface area (Å²) >= 11 is 0. The van der Waals surface area contributed by atoms with Crippen LogP contribution in [0.4, 0.5) is 0 Å². The maximum absolute atomic E-state index is 9.10. The van der Waals surface area contributed by atoms with E-state index in [1.54, 1.807) is 13.8 Å². The van der Waals surface area contributed by atoms with Crippen molar-refractivity contribution < 1.29 is 15.3 Å². The van der Waals surface area contributed by atoms with E-state index >= 15 is 0 Å². The van der Waals surface area contributed by atoms with Crippen LogP contribution in [0.2, 0.25) is 0 Å². The van der Waals surface area contributed by atoms with Crippen molar-refractivity contribution in [2.24, 2.45) is 0 Å². The fourth-order valence-corrected chi connectivity index (χ4v) is 0.511. The van der Waals surface area contributed by atoms with Gasteiger partial charge >= 0.3 is 0 Å². The smallest absolute Gasteiger partial charge is 0.146 e. The lowest BCUT2D eigenvalue weighted by Crippen LogP contribution is -2.40. The summed E-state index contributed by atoms with van der Waals surface area (Å²) in [7, 11) is 0. The highest BCUT2D eigenvalue weighted by atomic mass is 17.1. The number of hydrogen-bond donors (Lipinski definition) is 2. The van der Waals surface area contributed by atoms with Gasteiger partial charge in [-0.3, -0.25) is 5.26 Å². The van der Waals surface area contributed by atoms with Gasteiger partial charge in [0.15, 0.2) is 0 Å². The molecule has 0 amide bonds.